The Bertz CT molecular complexity index is 595. The lowest BCUT2D eigenvalue weighted by atomic mass is 10.2. The summed E-state index contributed by atoms with van der Waals surface area (Å²) in [5.74, 6) is 0.536. The van der Waals surface area contributed by atoms with Crippen molar-refractivity contribution in [3.63, 3.8) is 0 Å². The van der Waals surface area contributed by atoms with Gasteiger partial charge in [-0.15, -0.1) is 11.8 Å². The van der Waals surface area contributed by atoms with Gasteiger partial charge in [-0.2, -0.15) is 0 Å². The lowest BCUT2D eigenvalue weighted by Crippen LogP contribution is -2.38. The van der Waals surface area contributed by atoms with Crippen molar-refractivity contribution in [2.75, 3.05) is 27.9 Å². The Hall–Kier alpha value is -2.55. The van der Waals surface area contributed by atoms with Crippen molar-refractivity contribution in [1.82, 2.24) is 5.32 Å². The van der Waals surface area contributed by atoms with Gasteiger partial charge in [-0.1, -0.05) is 12.7 Å². The molecule has 1 aromatic carbocycles. The summed E-state index contributed by atoms with van der Waals surface area (Å²) in [5.41, 5.74) is 0.642. The lowest BCUT2D eigenvalue weighted by Gasteiger charge is -2.17. The molecule has 0 unspecified atom stereocenters. The maximum atomic E-state index is 11.5. The zero-order valence-corrected chi connectivity index (χ0v) is 15.1. The van der Waals surface area contributed by atoms with Crippen molar-refractivity contribution in [3.8, 4) is 17.2 Å². The van der Waals surface area contributed by atoms with Gasteiger partial charge in [-0.25, -0.2) is 9.59 Å². The number of rotatable bonds is 10. The molecule has 9 heteroatoms. The molecule has 0 saturated carbocycles. The van der Waals surface area contributed by atoms with Gasteiger partial charge < -0.3 is 24.1 Å². The number of aliphatic carboxylic acids is 1. The number of carboxylic acid groups (broad SMARTS) is 1. The first-order valence-corrected chi connectivity index (χ1v) is 8.19. The smallest absolute Gasteiger partial charge is 0.408 e. The van der Waals surface area contributed by atoms with E-state index in [1.54, 1.807) is 12.1 Å². The molecule has 0 saturated heterocycles. The van der Waals surface area contributed by atoms with Crippen LogP contribution in [0, 0.1) is 0 Å². The number of amides is 1. The highest BCUT2D eigenvalue weighted by atomic mass is 32.2. The van der Waals surface area contributed by atoms with Crippen molar-refractivity contribution in [3.05, 3.63) is 30.4 Å². The number of ether oxygens (including phenoxy) is 4. The molecule has 25 heavy (non-hydrogen) atoms. The van der Waals surface area contributed by atoms with E-state index in [1.165, 1.54) is 27.4 Å². The number of nitrogens with one attached hydrogen (secondary N) is 1. The molecule has 138 valence electrons. The number of carboxylic acids is 1. The Balaban J connectivity index is 2.90. The van der Waals surface area contributed by atoms with Crippen molar-refractivity contribution in [2.24, 2.45) is 0 Å². The molecule has 8 nitrogen and oxygen atoms in total. The number of carbonyl (C=O) groups excluding carboxylic acids is 1. The van der Waals surface area contributed by atoms with Gasteiger partial charge in [-0.3, -0.25) is 5.32 Å². The summed E-state index contributed by atoms with van der Waals surface area (Å²) < 4.78 is 20.5. The number of alkyl carbamates (subject to hydrolysis) is 1. The number of methoxy groups -OCH3 is 3. The van der Waals surface area contributed by atoms with Crippen LogP contribution < -0.4 is 19.5 Å². The van der Waals surface area contributed by atoms with E-state index in [0.29, 0.717) is 22.8 Å². The topological polar surface area (TPSA) is 103 Å². The zero-order chi connectivity index (χ0) is 18.8. The Morgan fingerprint density at radius 3 is 2.28 bits per heavy atom. The van der Waals surface area contributed by atoms with Crippen molar-refractivity contribution in [1.29, 1.82) is 0 Å². The maximum Gasteiger partial charge on any atom is 0.408 e. The molecule has 0 bridgehead atoms. The third-order valence-corrected chi connectivity index (χ3v) is 4.13. The van der Waals surface area contributed by atoms with Crippen molar-refractivity contribution >= 4 is 23.8 Å². The Morgan fingerprint density at radius 2 is 1.84 bits per heavy atom. The SMILES string of the molecule is C=CCOC(=O)N[C@@H](SCc1c(OC)cc(OC)cc1OC)C(=O)O. The normalized spacial score (nSPS) is 11.2. The van der Waals surface area contributed by atoms with Crippen LogP contribution in [-0.2, 0) is 15.3 Å². The van der Waals surface area contributed by atoms with Crippen molar-refractivity contribution in [2.45, 2.75) is 11.1 Å². The number of thioether (sulfide) groups is 1. The third kappa shape index (κ3) is 6.11. The Labute approximate surface area is 150 Å². The van der Waals surface area contributed by atoms with E-state index < -0.39 is 17.4 Å². The van der Waals surface area contributed by atoms with Crippen LogP contribution in [0.2, 0.25) is 0 Å². The molecule has 1 amide bonds. The standard InChI is InChI=1S/C16H21NO7S/c1-5-6-24-16(20)17-14(15(18)19)25-9-11-12(22-3)7-10(21-2)8-13(11)23-4/h5,7-8,14H,1,6,9H2,2-4H3,(H,17,20)(H,18,19)/t14-/m0/s1. The van der Waals surface area contributed by atoms with E-state index in [2.05, 4.69) is 11.9 Å². The molecular formula is C16H21NO7S. The number of hydrogen-bond acceptors (Lipinski definition) is 7. The molecule has 2 N–H and O–H groups in total. The summed E-state index contributed by atoms with van der Waals surface area (Å²) in [6.07, 6.45) is 0.545. The highest BCUT2D eigenvalue weighted by molar-refractivity contribution is 7.99. The van der Waals surface area contributed by atoms with Crippen LogP contribution in [0.1, 0.15) is 5.56 Å². The average Bonchev–Trinajstić information content (AvgIpc) is 2.62. The molecule has 0 spiro atoms. The molecule has 0 heterocycles. The lowest BCUT2D eigenvalue weighted by molar-refractivity contribution is -0.136. The second-order valence-corrected chi connectivity index (χ2v) is 5.66. The predicted molar refractivity (Wildman–Crippen MR) is 93.5 cm³/mol. The van der Waals surface area contributed by atoms with Crippen molar-refractivity contribution < 1.29 is 33.6 Å². The molecule has 0 radical (unpaired) electrons. The van der Waals surface area contributed by atoms with Gasteiger partial charge in [0.2, 0.25) is 0 Å². The van der Waals surface area contributed by atoms with Gasteiger partial charge >= 0.3 is 12.1 Å². The van der Waals surface area contributed by atoms with Crippen LogP contribution in [0.4, 0.5) is 4.79 Å². The van der Waals surface area contributed by atoms with E-state index in [0.717, 1.165) is 11.8 Å². The summed E-state index contributed by atoms with van der Waals surface area (Å²) in [4.78, 5) is 22.9. The quantitative estimate of drug-likeness (QED) is 0.477. The second-order valence-electron chi connectivity index (χ2n) is 4.57. The number of hydrogen-bond donors (Lipinski definition) is 2. The summed E-state index contributed by atoms with van der Waals surface area (Å²) in [6.45, 7) is 3.40. The fraction of sp³-hybridized carbons (Fsp3) is 0.375. The molecule has 0 aromatic heterocycles. The number of benzene rings is 1. The number of carbonyl (C=O) groups is 2. The molecule has 0 aliphatic rings. The van der Waals surface area contributed by atoms with Gasteiger partial charge in [0.05, 0.1) is 21.3 Å². The van der Waals surface area contributed by atoms with Gasteiger partial charge in [0.25, 0.3) is 0 Å². The minimum atomic E-state index is -1.20. The monoisotopic (exact) mass is 371 g/mol. The second kappa shape index (κ2) is 10.3. The van der Waals surface area contributed by atoms with Gasteiger partial charge in [0.1, 0.15) is 23.9 Å². The minimum Gasteiger partial charge on any atom is -0.496 e. The first-order valence-electron chi connectivity index (χ1n) is 7.14. The molecule has 0 aliphatic heterocycles. The fourth-order valence-corrected chi connectivity index (χ4v) is 2.78. The molecule has 0 fully saturated rings. The average molecular weight is 371 g/mol. The Kier molecular flexibility index (Phi) is 8.48. The summed E-state index contributed by atoms with van der Waals surface area (Å²) in [6, 6.07) is 3.33. The fourth-order valence-electron chi connectivity index (χ4n) is 1.84. The molecule has 1 atom stereocenters. The van der Waals surface area contributed by atoms with Crippen LogP contribution in [0.5, 0.6) is 17.2 Å². The van der Waals surface area contributed by atoms with E-state index in [9.17, 15) is 14.7 Å². The van der Waals surface area contributed by atoms with Crippen LogP contribution in [0.15, 0.2) is 24.8 Å². The van der Waals surface area contributed by atoms with Gasteiger partial charge in [0, 0.05) is 23.4 Å². The van der Waals surface area contributed by atoms with E-state index in [4.69, 9.17) is 18.9 Å². The zero-order valence-electron chi connectivity index (χ0n) is 14.2. The molecule has 1 aromatic rings. The summed E-state index contributed by atoms with van der Waals surface area (Å²) in [5, 5.41) is 10.3. The van der Waals surface area contributed by atoms with Crippen LogP contribution in [-0.4, -0.2) is 50.5 Å². The van der Waals surface area contributed by atoms with Crippen LogP contribution in [0.25, 0.3) is 0 Å². The molecule has 1 rings (SSSR count). The third-order valence-electron chi connectivity index (χ3n) is 3.02. The molecule has 0 aliphatic carbocycles. The highest BCUT2D eigenvalue weighted by Gasteiger charge is 2.23. The van der Waals surface area contributed by atoms with E-state index in [1.807, 2.05) is 0 Å². The van der Waals surface area contributed by atoms with Crippen LogP contribution >= 0.6 is 11.8 Å². The van der Waals surface area contributed by atoms with Gasteiger partial charge in [-0.05, 0) is 0 Å². The van der Waals surface area contributed by atoms with Gasteiger partial charge in [0.15, 0.2) is 5.37 Å². The highest BCUT2D eigenvalue weighted by Crippen LogP contribution is 2.37. The maximum absolute atomic E-state index is 11.5. The predicted octanol–water partition coefficient (Wildman–Crippen LogP) is 2.27. The largest absolute Gasteiger partial charge is 0.496 e. The summed E-state index contributed by atoms with van der Waals surface area (Å²) >= 11 is 0.979. The minimum absolute atomic E-state index is 0.0109. The first kappa shape index (κ1) is 20.5. The van der Waals surface area contributed by atoms with Crippen LogP contribution in [0.3, 0.4) is 0 Å². The van der Waals surface area contributed by atoms with E-state index in [-0.39, 0.29) is 12.4 Å². The van der Waals surface area contributed by atoms with E-state index >= 15 is 0 Å². The Morgan fingerprint density at radius 1 is 1.24 bits per heavy atom. The first-order chi connectivity index (χ1) is 12.0. The molecular weight excluding hydrogens is 350 g/mol. The summed E-state index contributed by atoms with van der Waals surface area (Å²) in [7, 11) is 4.49.